The summed E-state index contributed by atoms with van der Waals surface area (Å²) in [6, 6.07) is 2.42. The summed E-state index contributed by atoms with van der Waals surface area (Å²) in [6.07, 6.45) is 1.25. The van der Waals surface area contributed by atoms with Crippen molar-refractivity contribution in [1.82, 2.24) is 9.29 Å². The molecule has 0 saturated heterocycles. The van der Waals surface area contributed by atoms with Gasteiger partial charge in [-0.2, -0.15) is 4.31 Å². The van der Waals surface area contributed by atoms with Crippen molar-refractivity contribution in [2.75, 3.05) is 13.6 Å². The van der Waals surface area contributed by atoms with E-state index in [1.807, 2.05) is 0 Å². The van der Waals surface area contributed by atoms with E-state index in [0.29, 0.717) is 0 Å². The SMILES string of the molecule is CCN(C)S(=O)(=O)c1ncccc1F. The molecular weight excluding hydrogens is 207 g/mol. The Hall–Kier alpha value is -1.01. The van der Waals surface area contributed by atoms with E-state index in [-0.39, 0.29) is 6.54 Å². The average Bonchev–Trinajstić information content (AvgIpc) is 2.17. The summed E-state index contributed by atoms with van der Waals surface area (Å²) in [7, 11) is -2.39. The minimum absolute atomic E-state index is 0.276. The summed E-state index contributed by atoms with van der Waals surface area (Å²) in [4.78, 5) is 3.51. The summed E-state index contributed by atoms with van der Waals surface area (Å²) < 4.78 is 37.4. The molecule has 0 spiro atoms. The molecule has 0 aliphatic rings. The maximum absolute atomic E-state index is 13.1. The molecule has 6 heteroatoms. The second-order valence-corrected chi connectivity index (χ2v) is 4.67. The molecule has 1 aromatic rings. The highest BCUT2D eigenvalue weighted by Crippen LogP contribution is 2.14. The van der Waals surface area contributed by atoms with E-state index in [0.717, 1.165) is 10.4 Å². The third kappa shape index (κ3) is 1.91. The molecule has 0 amide bonds. The Morgan fingerprint density at radius 2 is 2.21 bits per heavy atom. The standard InChI is InChI=1S/C8H11FN2O2S/c1-3-11(2)14(12,13)8-7(9)5-4-6-10-8/h4-6H,3H2,1-2H3. The lowest BCUT2D eigenvalue weighted by atomic mass is 10.5. The minimum Gasteiger partial charge on any atom is -0.241 e. The fraction of sp³-hybridized carbons (Fsp3) is 0.375. The summed E-state index contributed by atoms with van der Waals surface area (Å²) in [5, 5.41) is -0.524. The molecular formula is C8H11FN2O2S. The molecule has 14 heavy (non-hydrogen) atoms. The molecule has 1 rings (SSSR count). The predicted molar refractivity (Wildman–Crippen MR) is 49.7 cm³/mol. The molecule has 4 nitrogen and oxygen atoms in total. The van der Waals surface area contributed by atoms with Crippen LogP contribution >= 0.6 is 0 Å². The first-order chi connectivity index (χ1) is 6.50. The highest BCUT2D eigenvalue weighted by molar-refractivity contribution is 7.89. The van der Waals surface area contributed by atoms with Crippen LogP contribution < -0.4 is 0 Å². The highest BCUT2D eigenvalue weighted by atomic mass is 32.2. The predicted octanol–water partition coefficient (Wildman–Crippen LogP) is 0.861. The fourth-order valence-corrected chi connectivity index (χ4v) is 2.02. The van der Waals surface area contributed by atoms with Gasteiger partial charge >= 0.3 is 0 Å². The van der Waals surface area contributed by atoms with Crippen LogP contribution in [0.5, 0.6) is 0 Å². The van der Waals surface area contributed by atoms with Gasteiger partial charge in [0, 0.05) is 19.8 Å². The molecule has 1 heterocycles. The zero-order valence-corrected chi connectivity index (χ0v) is 8.75. The van der Waals surface area contributed by atoms with E-state index in [1.165, 1.54) is 19.3 Å². The Bertz CT molecular complexity index is 419. The van der Waals surface area contributed by atoms with Crippen LogP contribution in [-0.2, 0) is 10.0 Å². The molecule has 0 aliphatic carbocycles. The van der Waals surface area contributed by atoms with Gasteiger partial charge < -0.3 is 0 Å². The van der Waals surface area contributed by atoms with Crippen LogP contribution in [0.15, 0.2) is 23.4 Å². The first kappa shape index (κ1) is 11.1. The third-order valence-corrected chi connectivity index (χ3v) is 3.69. The van der Waals surface area contributed by atoms with Crippen LogP contribution in [0.2, 0.25) is 0 Å². The maximum Gasteiger partial charge on any atom is 0.263 e. The third-order valence-electron chi connectivity index (χ3n) is 1.82. The first-order valence-corrected chi connectivity index (χ1v) is 5.51. The van der Waals surface area contributed by atoms with Gasteiger partial charge in [-0.05, 0) is 12.1 Å². The normalized spacial score (nSPS) is 12.0. The number of hydrogen-bond donors (Lipinski definition) is 0. The first-order valence-electron chi connectivity index (χ1n) is 4.07. The smallest absolute Gasteiger partial charge is 0.241 e. The lowest BCUT2D eigenvalue weighted by Crippen LogP contribution is -2.28. The Kier molecular flexibility index (Phi) is 3.17. The molecule has 0 fully saturated rings. The van der Waals surface area contributed by atoms with Crippen LogP contribution in [0.3, 0.4) is 0 Å². The zero-order chi connectivity index (χ0) is 10.8. The number of hydrogen-bond acceptors (Lipinski definition) is 3. The number of rotatable bonds is 3. The molecule has 0 aromatic carbocycles. The van der Waals surface area contributed by atoms with Gasteiger partial charge in [-0.3, -0.25) is 0 Å². The molecule has 0 atom stereocenters. The lowest BCUT2D eigenvalue weighted by Gasteiger charge is -2.13. The van der Waals surface area contributed by atoms with Crippen LogP contribution in [0.25, 0.3) is 0 Å². The number of pyridine rings is 1. The van der Waals surface area contributed by atoms with Gasteiger partial charge in [-0.1, -0.05) is 6.92 Å². The van der Waals surface area contributed by atoms with Crippen molar-refractivity contribution >= 4 is 10.0 Å². The van der Waals surface area contributed by atoms with Crippen molar-refractivity contribution in [2.45, 2.75) is 11.9 Å². The summed E-state index contributed by atoms with van der Waals surface area (Å²) >= 11 is 0. The van der Waals surface area contributed by atoms with E-state index in [2.05, 4.69) is 4.98 Å². The Balaban J connectivity index is 3.24. The van der Waals surface area contributed by atoms with Gasteiger partial charge in [0.05, 0.1) is 0 Å². The van der Waals surface area contributed by atoms with Crippen molar-refractivity contribution < 1.29 is 12.8 Å². The second kappa shape index (κ2) is 4.02. The van der Waals surface area contributed by atoms with Crippen LogP contribution in [0.1, 0.15) is 6.92 Å². The van der Waals surface area contributed by atoms with Crippen molar-refractivity contribution in [3.63, 3.8) is 0 Å². The van der Waals surface area contributed by atoms with E-state index < -0.39 is 20.9 Å². The summed E-state index contributed by atoms with van der Waals surface area (Å²) in [5.41, 5.74) is 0. The maximum atomic E-state index is 13.1. The van der Waals surface area contributed by atoms with Gasteiger partial charge in [0.15, 0.2) is 5.82 Å². The highest BCUT2D eigenvalue weighted by Gasteiger charge is 2.24. The van der Waals surface area contributed by atoms with Gasteiger partial charge in [0.2, 0.25) is 5.03 Å². The van der Waals surface area contributed by atoms with Crippen molar-refractivity contribution in [2.24, 2.45) is 0 Å². The number of aromatic nitrogens is 1. The summed E-state index contributed by atoms with van der Waals surface area (Å²) in [6.45, 7) is 1.94. The van der Waals surface area contributed by atoms with Crippen molar-refractivity contribution in [1.29, 1.82) is 0 Å². The monoisotopic (exact) mass is 218 g/mol. The van der Waals surface area contributed by atoms with Gasteiger partial charge in [0.25, 0.3) is 10.0 Å². The zero-order valence-electron chi connectivity index (χ0n) is 7.94. The van der Waals surface area contributed by atoms with Crippen molar-refractivity contribution in [3.05, 3.63) is 24.1 Å². The Morgan fingerprint density at radius 3 is 2.71 bits per heavy atom. The Labute approximate surface area is 82.4 Å². The second-order valence-electron chi connectivity index (χ2n) is 2.71. The van der Waals surface area contributed by atoms with Gasteiger partial charge in [-0.25, -0.2) is 17.8 Å². The number of sulfonamides is 1. The quantitative estimate of drug-likeness (QED) is 0.756. The molecule has 0 unspecified atom stereocenters. The van der Waals surface area contributed by atoms with Crippen LogP contribution in [-0.4, -0.2) is 31.3 Å². The number of halogens is 1. The van der Waals surface area contributed by atoms with Gasteiger partial charge in [-0.15, -0.1) is 0 Å². The van der Waals surface area contributed by atoms with E-state index in [4.69, 9.17) is 0 Å². The fourth-order valence-electron chi connectivity index (χ4n) is 0.879. The average molecular weight is 218 g/mol. The molecule has 1 aromatic heterocycles. The molecule has 0 saturated carbocycles. The van der Waals surface area contributed by atoms with Gasteiger partial charge in [0.1, 0.15) is 0 Å². The van der Waals surface area contributed by atoms with Crippen molar-refractivity contribution in [3.8, 4) is 0 Å². The minimum atomic E-state index is -3.77. The lowest BCUT2D eigenvalue weighted by molar-refractivity contribution is 0.472. The largest absolute Gasteiger partial charge is 0.263 e. The Morgan fingerprint density at radius 1 is 1.57 bits per heavy atom. The van der Waals surface area contributed by atoms with E-state index in [9.17, 15) is 12.8 Å². The molecule has 0 radical (unpaired) electrons. The molecule has 0 bridgehead atoms. The summed E-state index contributed by atoms with van der Waals surface area (Å²) in [5.74, 6) is -0.826. The molecule has 0 aliphatic heterocycles. The van der Waals surface area contributed by atoms with Crippen LogP contribution in [0.4, 0.5) is 4.39 Å². The van der Waals surface area contributed by atoms with Crippen LogP contribution in [0, 0.1) is 5.82 Å². The topological polar surface area (TPSA) is 50.3 Å². The molecule has 0 N–H and O–H groups in total. The number of nitrogens with zero attached hydrogens (tertiary/aromatic N) is 2. The van der Waals surface area contributed by atoms with E-state index >= 15 is 0 Å². The van der Waals surface area contributed by atoms with E-state index in [1.54, 1.807) is 6.92 Å². The molecule has 78 valence electrons.